The molecule has 9 heteroatoms. The van der Waals surface area contributed by atoms with Gasteiger partial charge in [0.15, 0.2) is 0 Å². The Morgan fingerprint density at radius 1 is 1.30 bits per heavy atom. The molecule has 2 aliphatic rings. The van der Waals surface area contributed by atoms with Crippen LogP contribution in [0.4, 0.5) is 0 Å². The Morgan fingerprint density at radius 3 is 2.67 bits per heavy atom. The molecule has 0 radical (unpaired) electrons. The number of benzene rings is 1. The van der Waals surface area contributed by atoms with Gasteiger partial charge in [0.2, 0.25) is 11.8 Å². The molecule has 2 heterocycles. The zero-order chi connectivity index (χ0) is 22.1. The van der Waals surface area contributed by atoms with Crippen molar-refractivity contribution in [3.63, 3.8) is 0 Å². The summed E-state index contributed by atoms with van der Waals surface area (Å²) in [5.41, 5.74) is 1.57. The number of nitrogens with zero attached hydrogens (tertiary/aromatic N) is 1. The van der Waals surface area contributed by atoms with Crippen LogP contribution in [0.5, 0.6) is 0 Å². The maximum Gasteiger partial charge on any atom is 0.256 e. The van der Waals surface area contributed by atoms with Crippen LogP contribution in [0.15, 0.2) is 24.3 Å². The molecule has 1 aromatic rings. The van der Waals surface area contributed by atoms with E-state index in [4.69, 9.17) is 0 Å². The minimum atomic E-state index is -0.723. The SMILES string of the molecule is CSCCC(NC(=O)C1N2C(=O)c3ccccc3C2SC1(C)C)C(=O)NC(C)CO. The zero-order valence-electron chi connectivity index (χ0n) is 17.7. The van der Waals surface area contributed by atoms with Crippen molar-refractivity contribution in [3.8, 4) is 0 Å². The normalized spacial score (nSPS) is 23.5. The average molecular weight is 452 g/mol. The first-order valence-electron chi connectivity index (χ1n) is 10.0. The molecule has 7 nitrogen and oxygen atoms in total. The molecule has 4 unspecified atom stereocenters. The predicted molar refractivity (Wildman–Crippen MR) is 120 cm³/mol. The van der Waals surface area contributed by atoms with Crippen molar-refractivity contribution in [3.05, 3.63) is 35.4 Å². The zero-order valence-corrected chi connectivity index (χ0v) is 19.3. The van der Waals surface area contributed by atoms with Gasteiger partial charge in [-0.15, -0.1) is 11.8 Å². The van der Waals surface area contributed by atoms with Crippen LogP contribution in [0.25, 0.3) is 0 Å². The summed E-state index contributed by atoms with van der Waals surface area (Å²) < 4.78 is -0.503. The summed E-state index contributed by atoms with van der Waals surface area (Å²) in [6, 6.07) is 5.65. The fraction of sp³-hybridized carbons (Fsp3) is 0.571. The second-order valence-electron chi connectivity index (χ2n) is 8.21. The standard InChI is InChI=1S/C21H29N3O4S2/c1-12(11-25)22-17(26)15(9-10-29-4)23-18(27)16-21(2,3)30-20-14-8-6-5-7-13(14)19(28)24(16)20/h5-8,12,15-16,20,25H,9-11H2,1-4H3,(H,22,26)(H,23,27). The molecule has 0 aliphatic carbocycles. The summed E-state index contributed by atoms with van der Waals surface area (Å²) in [7, 11) is 0. The van der Waals surface area contributed by atoms with E-state index in [1.807, 2.05) is 38.3 Å². The lowest BCUT2D eigenvalue weighted by molar-refractivity contribution is -0.132. The van der Waals surface area contributed by atoms with Crippen LogP contribution in [0, 0.1) is 0 Å². The van der Waals surface area contributed by atoms with Crippen LogP contribution in [-0.2, 0) is 9.59 Å². The van der Waals surface area contributed by atoms with Gasteiger partial charge in [-0.25, -0.2) is 0 Å². The highest BCUT2D eigenvalue weighted by molar-refractivity contribution is 8.01. The van der Waals surface area contributed by atoms with Gasteiger partial charge in [-0.2, -0.15) is 11.8 Å². The molecule has 4 atom stereocenters. The van der Waals surface area contributed by atoms with Crippen LogP contribution in [0.1, 0.15) is 48.5 Å². The highest BCUT2D eigenvalue weighted by atomic mass is 32.2. The molecule has 0 aromatic heterocycles. The lowest BCUT2D eigenvalue weighted by Gasteiger charge is -2.31. The Hall–Kier alpha value is -1.71. The number of rotatable bonds is 8. The molecular formula is C21H29N3O4S2. The van der Waals surface area contributed by atoms with E-state index in [1.165, 1.54) is 0 Å². The first kappa shape index (κ1) is 23.0. The maximum atomic E-state index is 13.4. The molecule has 3 rings (SSSR count). The van der Waals surface area contributed by atoms with E-state index in [9.17, 15) is 19.5 Å². The van der Waals surface area contributed by atoms with Gasteiger partial charge < -0.3 is 20.6 Å². The molecule has 0 bridgehead atoms. The highest BCUT2D eigenvalue weighted by Crippen LogP contribution is 2.56. The lowest BCUT2D eigenvalue weighted by Crippen LogP contribution is -2.57. The largest absolute Gasteiger partial charge is 0.394 e. The number of amides is 3. The monoisotopic (exact) mass is 451 g/mol. The smallest absolute Gasteiger partial charge is 0.256 e. The van der Waals surface area contributed by atoms with Gasteiger partial charge in [-0.1, -0.05) is 18.2 Å². The van der Waals surface area contributed by atoms with Gasteiger partial charge in [0.1, 0.15) is 17.5 Å². The van der Waals surface area contributed by atoms with E-state index in [1.54, 1.807) is 41.4 Å². The van der Waals surface area contributed by atoms with E-state index in [0.717, 1.165) is 5.56 Å². The van der Waals surface area contributed by atoms with Gasteiger partial charge >= 0.3 is 0 Å². The molecule has 30 heavy (non-hydrogen) atoms. The van der Waals surface area contributed by atoms with Crippen LogP contribution >= 0.6 is 23.5 Å². The van der Waals surface area contributed by atoms with Crippen molar-refractivity contribution in [1.29, 1.82) is 0 Å². The summed E-state index contributed by atoms with van der Waals surface area (Å²) in [5, 5.41) is 14.6. The summed E-state index contributed by atoms with van der Waals surface area (Å²) in [5.74, 6) is -0.0947. The first-order chi connectivity index (χ1) is 14.2. The molecule has 1 aromatic carbocycles. The van der Waals surface area contributed by atoms with E-state index in [0.29, 0.717) is 17.7 Å². The molecule has 3 amide bonds. The molecule has 1 saturated heterocycles. The third-order valence-corrected chi connectivity index (χ3v) is 7.63. The highest BCUT2D eigenvalue weighted by Gasteiger charge is 2.57. The van der Waals surface area contributed by atoms with Crippen LogP contribution in [-0.4, -0.2) is 69.2 Å². The average Bonchev–Trinajstić information content (AvgIpc) is 3.14. The third kappa shape index (κ3) is 4.33. The Balaban J connectivity index is 1.82. The van der Waals surface area contributed by atoms with E-state index < -0.39 is 22.9 Å². The van der Waals surface area contributed by atoms with E-state index in [-0.39, 0.29) is 29.7 Å². The molecule has 3 N–H and O–H groups in total. The second-order valence-corrected chi connectivity index (χ2v) is 10.9. The van der Waals surface area contributed by atoms with Crippen molar-refractivity contribution >= 4 is 41.2 Å². The molecule has 0 spiro atoms. The number of carbonyl (C=O) groups is 3. The van der Waals surface area contributed by atoms with Gasteiger partial charge in [-0.3, -0.25) is 14.4 Å². The number of aliphatic hydroxyl groups excluding tert-OH is 1. The van der Waals surface area contributed by atoms with Crippen molar-refractivity contribution < 1.29 is 19.5 Å². The second kappa shape index (κ2) is 9.20. The molecule has 0 saturated carbocycles. The number of nitrogens with one attached hydrogen (secondary N) is 2. The van der Waals surface area contributed by atoms with Crippen LogP contribution in [0.3, 0.4) is 0 Å². The fourth-order valence-corrected chi connectivity index (χ4v) is 6.01. The molecule has 164 valence electrons. The Bertz CT molecular complexity index is 832. The summed E-state index contributed by atoms with van der Waals surface area (Å²) in [6.45, 7) is 5.44. The van der Waals surface area contributed by atoms with Gasteiger partial charge in [0, 0.05) is 16.4 Å². The predicted octanol–water partition coefficient (Wildman–Crippen LogP) is 1.77. The maximum absolute atomic E-state index is 13.4. The number of fused-ring (bicyclic) bond motifs is 3. The number of hydrogen-bond donors (Lipinski definition) is 3. The van der Waals surface area contributed by atoms with Gasteiger partial charge in [0.25, 0.3) is 5.91 Å². The topological polar surface area (TPSA) is 98.7 Å². The number of hydrogen-bond acceptors (Lipinski definition) is 6. The third-order valence-electron chi connectivity index (χ3n) is 5.45. The molecular weight excluding hydrogens is 422 g/mol. The number of aliphatic hydroxyl groups is 1. The summed E-state index contributed by atoms with van der Waals surface area (Å²) in [6.07, 6.45) is 2.41. The Labute approximate surface area is 185 Å². The summed E-state index contributed by atoms with van der Waals surface area (Å²) >= 11 is 3.18. The fourth-order valence-electron chi connectivity index (χ4n) is 3.95. The van der Waals surface area contributed by atoms with Crippen molar-refractivity contribution in [2.45, 2.75) is 55.4 Å². The Kier molecular flexibility index (Phi) is 7.04. The minimum Gasteiger partial charge on any atom is -0.394 e. The van der Waals surface area contributed by atoms with Crippen molar-refractivity contribution in [2.75, 3.05) is 18.6 Å². The number of carbonyl (C=O) groups excluding carboxylic acids is 3. The minimum absolute atomic E-state index is 0.146. The van der Waals surface area contributed by atoms with E-state index in [2.05, 4.69) is 10.6 Å². The van der Waals surface area contributed by atoms with Crippen LogP contribution < -0.4 is 10.6 Å². The van der Waals surface area contributed by atoms with E-state index >= 15 is 0 Å². The molecule has 2 aliphatic heterocycles. The van der Waals surface area contributed by atoms with Crippen molar-refractivity contribution in [1.82, 2.24) is 15.5 Å². The molecule has 1 fully saturated rings. The summed E-state index contributed by atoms with van der Waals surface area (Å²) in [4.78, 5) is 40.8. The van der Waals surface area contributed by atoms with Crippen molar-refractivity contribution in [2.24, 2.45) is 0 Å². The van der Waals surface area contributed by atoms with Gasteiger partial charge in [0.05, 0.1) is 6.61 Å². The van der Waals surface area contributed by atoms with Crippen LogP contribution in [0.2, 0.25) is 0 Å². The quantitative estimate of drug-likeness (QED) is 0.557. The van der Waals surface area contributed by atoms with Gasteiger partial charge in [-0.05, 0) is 50.8 Å². The Morgan fingerprint density at radius 2 is 2.00 bits per heavy atom. The number of thioether (sulfide) groups is 2. The lowest BCUT2D eigenvalue weighted by atomic mass is 10.00. The first-order valence-corrected chi connectivity index (χ1v) is 12.3.